The number of nitrogens with zero attached hydrogens (tertiary/aromatic N) is 2. The molecule has 1 N–H and O–H groups in total. The van der Waals surface area contributed by atoms with Gasteiger partial charge in [-0.1, -0.05) is 30.3 Å². The Balaban J connectivity index is 1.20. The molecule has 6 heteroatoms. The Morgan fingerprint density at radius 2 is 1.42 bits per heavy atom. The van der Waals surface area contributed by atoms with Gasteiger partial charge in [0.15, 0.2) is 0 Å². The fourth-order valence-corrected chi connectivity index (χ4v) is 8.07. The number of aromatic nitrogens is 1. The van der Waals surface area contributed by atoms with Crippen molar-refractivity contribution in [1.29, 1.82) is 0 Å². The van der Waals surface area contributed by atoms with E-state index in [0.29, 0.717) is 11.4 Å². The van der Waals surface area contributed by atoms with Crippen LogP contribution in [-0.4, -0.2) is 22.4 Å². The van der Waals surface area contributed by atoms with Crippen molar-refractivity contribution in [3.63, 3.8) is 0 Å². The molecule has 0 unspecified atom stereocenters. The molecular formula is C32H31N3O3. The van der Waals surface area contributed by atoms with Crippen LogP contribution in [0.4, 0.5) is 10.5 Å². The largest absolute Gasteiger partial charge is 0.335 e. The van der Waals surface area contributed by atoms with Crippen molar-refractivity contribution in [2.75, 3.05) is 4.90 Å². The Hall–Kier alpha value is -3.93. The zero-order valence-corrected chi connectivity index (χ0v) is 21.5. The molecule has 0 spiro atoms. The zero-order chi connectivity index (χ0) is 26.0. The molecule has 4 saturated carbocycles. The first kappa shape index (κ1) is 23.2. The maximum absolute atomic E-state index is 13.6. The van der Waals surface area contributed by atoms with Gasteiger partial charge in [-0.2, -0.15) is 0 Å². The number of imide groups is 2. The molecule has 5 aliphatic rings. The van der Waals surface area contributed by atoms with E-state index in [1.165, 1.54) is 44.1 Å². The average Bonchev–Trinajstić information content (AvgIpc) is 3.26. The van der Waals surface area contributed by atoms with Crippen molar-refractivity contribution in [2.45, 2.75) is 50.9 Å². The smallest absolute Gasteiger partial charge is 0.314 e. The summed E-state index contributed by atoms with van der Waals surface area (Å²) in [5.41, 5.74) is 4.58. The van der Waals surface area contributed by atoms with Crippen molar-refractivity contribution in [3.8, 4) is 5.69 Å². The first-order valence-corrected chi connectivity index (χ1v) is 13.7. The van der Waals surface area contributed by atoms with Gasteiger partial charge in [0.2, 0.25) is 0 Å². The van der Waals surface area contributed by atoms with Crippen molar-refractivity contribution in [3.05, 3.63) is 89.3 Å². The van der Waals surface area contributed by atoms with Gasteiger partial charge in [0, 0.05) is 17.1 Å². The van der Waals surface area contributed by atoms with Crippen LogP contribution < -0.4 is 10.2 Å². The van der Waals surface area contributed by atoms with Crippen LogP contribution in [-0.2, 0) is 15.0 Å². The molecule has 1 aliphatic heterocycles. The number of urea groups is 1. The van der Waals surface area contributed by atoms with Gasteiger partial charge in [-0.15, -0.1) is 0 Å². The fraction of sp³-hybridized carbons (Fsp3) is 0.344. The summed E-state index contributed by atoms with van der Waals surface area (Å²) < 4.78 is 1.98. The highest BCUT2D eigenvalue weighted by Crippen LogP contribution is 2.60. The molecule has 1 aromatic heterocycles. The number of hydrogen-bond donors (Lipinski definition) is 1. The van der Waals surface area contributed by atoms with E-state index >= 15 is 0 Å². The number of para-hydroxylation sites is 1. The predicted molar refractivity (Wildman–Crippen MR) is 146 cm³/mol. The number of nitrogens with one attached hydrogen (secondary N) is 1. The lowest BCUT2D eigenvalue weighted by Crippen LogP contribution is -2.54. The molecular weight excluding hydrogens is 474 g/mol. The third-order valence-corrected chi connectivity index (χ3v) is 9.29. The second kappa shape index (κ2) is 8.55. The molecule has 4 bridgehead atoms. The SMILES string of the molecule is Cc1ccc(/C=C2\C(=O)NC(=O)N(c3ccc(C45CC6CC(CC(C6)C4)C5)cc3)C2=O)n1-c1ccccc1. The standard InChI is InChI=1S/C32H31N3O3/c1-20-7-10-27(34(20)25-5-3-2-4-6-25)16-28-29(36)33-31(38)35(30(28)37)26-11-8-24(9-12-26)32-17-21-13-22(18-32)15-23(14-21)19-32/h2-12,16,21-23H,13-15,17-19H2,1H3,(H,33,36,38)/b28-16+. The molecule has 0 atom stereocenters. The molecule has 4 amide bonds. The van der Waals surface area contributed by atoms with Crippen LogP contribution in [0.3, 0.4) is 0 Å². The second-order valence-electron chi connectivity index (χ2n) is 11.8. The number of anilines is 1. The Kier molecular flexibility index (Phi) is 5.22. The van der Waals surface area contributed by atoms with Gasteiger partial charge in [0.1, 0.15) is 5.57 Å². The van der Waals surface area contributed by atoms with Crippen LogP contribution in [0, 0.1) is 24.7 Å². The van der Waals surface area contributed by atoms with Crippen molar-refractivity contribution in [1.82, 2.24) is 9.88 Å². The third-order valence-electron chi connectivity index (χ3n) is 9.29. The molecule has 192 valence electrons. The molecule has 1 saturated heterocycles. The highest BCUT2D eigenvalue weighted by molar-refractivity contribution is 6.39. The van der Waals surface area contributed by atoms with E-state index < -0.39 is 17.8 Å². The number of carbonyl (C=O) groups excluding carboxylic acids is 3. The Bertz CT molecular complexity index is 1450. The Morgan fingerprint density at radius 1 is 0.789 bits per heavy atom. The normalized spacial score (nSPS) is 29.3. The van der Waals surface area contributed by atoms with Crippen LogP contribution in [0.25, 0.3) is 11.8 Å². The third kappa shape index (κ3) is 3.65. The first-order valence-electron chi connectivity index (χ1n) is 13.7. The Morgan fingerprint density at radius 3 is 2.05 bits per heavy atom. The summed E-state index contributed by atoms with van der Waals surface area (Å²) in [5.74, 6) is 1.23. The minimum atomic E-state index is -0.714. The molecule has 0 radical (unpaired) electrons. The van der Waals surface area contributed by atoms with Crippen LogP contribution in [0.15, 0.2) is 72.3 Å². The number of benzene rings is 2. The number of amides is 4. The lowest BCUT2D eigenvalue weighted by Gasteiger charge is -2.57. The zero-order valence-electron chi connectivity index (χ0n) is 21.5. The van der Waals surface area contributed by atoms with Gasteiger partial charge in [-0.05, 0) is 117 Å². The molecule has 38 heavy (non-hydrogen) atoms. The number of hydrogen-bond acceptors (Lipinski definition) is 3. The summed E-state index contributed by atoms with van der Waals surface area (Å²) in [6, 6.07) is 20.8. The van der Waals surface area contributed by atoms with Crippen LogP contribution >= 0.6 is 0 Å². The van der Waals surface area contributed by atoms with E-state index in [0.717, 1.165) is 34.0 Å². The summed E-state index contributed by atoms with van der Waals surface area (Å²) in [6.45, 7) is 1.97. The van der Waals surface area contributed by atoms with Crippen LogP contribution in [0.1, 0.15) is 55.5 Å². The van der Waals surface area contributed by atoms with Gasteiger partial charge in [0.05, 0.1) is 5.69 Å². The van der Waals surface area contributed by atoms with Crippen LogP contribution in [0.5, 0.6) is 0 Å². The lowest BCUT2D eigenvalue weighted by molar-refractivity contribution is -0.122. The summed E-state index contributed by atoms with van der Waals surface area (Å²) in [4.78, 5) is 40.3. The number of barbiturate groups is 1. The van der Waals surface area contributed by atoms with Gasteiger partial charge in [-0.3, -0.25) is 14.9 Å². The first-order chi connectivity index (χ1) is 18.4. The summed E-state index contributed by atoms with van der Waals surface area (Å²) in [5, 5.41) is 2.37. The highest BCUT2D eigenvalue weighted by Gasteiger charge is 2.51. The highest BCUT2D eigenvalue weighted by atomic mass is 16.2. The molecule has 8 rings (SSSR count). The van der Waals surface area contributed by atoms with Crippen molar-refractivity contribution < 1.29 is 14.4 Å². The van der Waals surface area contributed by atoms with Crippen molar-refractivity contribution in [2.24, 2.45) is 17.8 Å². The van der Waals surface area contributed by atoms with E-state index in [4.69, 9.17) is 0 Å². The Labute approximate surface area is 222 Å². The fourth-order valence-electron chi connectivity index (χ4n) is 8.07. The van der Waals surface area contributed by atoms with E-state index in [2.05, 4.69) is 17.4 Å². The van der Waals surface area contributed by atoms with E-state index in [1.807, 2.05) is 66.1 Å². The van der Waals surface area contributed by atoms with E-state index in [1.54, 1.807) is 6.08 Å². The van der Waals surface area contributed by atoms with Crippen LogP contribution in [0.2, 0.25) is 0 Å². The number of aryl methyl sites for hydroxylation is 1. The molecule has 3 aromatic rings. The molecule has 2 heterocycles. The minimum Gasteiger partial charge on any atom is -0.314 e. The van der Waals surface area contributed by atoms with E-state index in [9.17, 15) is 14.4 Å². The molecule has 2 aromatic carbocycles. The molecule has 5 fully saturated rings. The maximum Gasteiger partial charge on any atom is 0.335 e. The molecule has 4 aliphatic carbocycles. The predicted octanol–water partition coefficient (Wildman–Crippen LogP) is 5.92. The number of carbonyl (C=O) groups is 3. The maximum atomic E-state index is 13.6. The lowest BCUT2D eigenvalue weighted by atomic mass is 9.48. The average molecular weight is 506 g/mol. The van der Waals surface area contributed by atoms with Gasteiger partial charge in [-0.25, -0.2) is 9.69 Å². The van der Waals surface area contributed by atoms with Gasteiger partial charge in [0.25, 0.3) is 11.8 Å². The van der Waals surface area contributed by atoms with Gasteiger partial charge < -0.3 is 4.57 Å². The summed E-state index contributed by atoms with van der Waals surface area (Å²) in [6.07, 6.45) is 9.49. The monoisotopic (exact) mass is 505 g/mol. The van der Waals surface area contributed by atoms with Gasteiger partial charge >= 0.3 is 6.03 Å². The quantitative estimate of drug-likeness (QED) is 0.353. The van der Waals surface area contributed by atoms with E-state index in [-0.39, 0.29) is 11.0 Å². The summed E-state index contributed by atoms with van der Waals surface area (Å²) in [7, 11) is 0. The van der Waals surface area contributed by atoms with Crippen molar-refractivity contribution >= 4 is 29.6 Å². The number of rotatable bonds is 4. The topological polar surface area (TPSA) is 71.4 Å². The molecule has 6 nitrogen and oxygen atoms in total. The second-order valence-corrected chi connectivity index (χ2v) is 11.8. The minimum absolute atomic E-state index is 0.0648. The summed E-state index contributed by atoms with van der Waals surface area (Å²) >= 11 is 0.